The summed E-state index contributed by atoms with van der Waals surface area (Å²) >= 11 is 6.10. The van der Waals surface area contributed by atoms with Crippen LogP contribution < -0.4 is 42.5 Å². The summed E-state index contributed by atoms with van der Waals surface area (Å²) in [7, 11) is 3.26. The number of halogens is 1. The molecule has 3 heterocycles. The van der Waals surface area contributed by atoms with Crippen molar-refractivity contribution in [3.05, 3.63) is 87.7 Å². The van der Waals surface area contributed by atoms with Gasteiger partial charge in [0.05, 0.1) is 24.2 Å². The molecule has 5 rings (SSSR count). The summed E-state index contributed by atoms with van der Waals surface area (Å²) in [5, 5.41) is 30.5. The third-order valence-electron chi connectivity index (χ3n) is 13.6. The van der Waals surface area contributed by atoms with Crippen LogP contribution in [0.3, 0.4) is 0 Å². The van der Waals surface area contributed by atoms with Gasteiger partial charge in [0.15, 0.2) is 5.69 Å². The Kier molecular flexibility index (Phi) is 19.0. The van der Waals surface area contributed by atoms with Crippen LogP contribution in [0.1, 0.15) is 132 Å². The van der Waals surface area contributed by atoms with Gasteiger partial charge >= 0.3 is 0 Å². The molecule has 1 aromatic heterocycles. The number of hydrogen-bond donors (Lipinski definition) is 9. The van der Waals surface area contributed by atoms with Crippen LogP contribution in [-0.2, 0) is 28.8 Å². The van der Waals surface area contributed by atoms with Gasteiger partial charge in [-0.25, -0.2) is 0 Å². The van der Waals surface area contributed by atoms with Crippen molar-refractivity contribution in [3.8, 4) is 0 Å². The van der Waals surface area contributed by atoms with Crippen molar-refractivity contribution in [2.45, 2.75) is 149 Å². The molecule has 2 saturated heterocycles. The van der Waals surface area contributed by atoms with Gasteiger partial charge in [0, 0.05) is 36.3 Å². The molecule has 20 nitrogen and oxygen atoms in total. The molecule has 10 atom stereocenters. The minimum Gasteiger partial charge on any atom is -0.348 e. The van der Waals surface area contributed by atoms with Gasteiger partial charge in [0.25, 0.3) is 11.8 Å². The summed E-state index contributed by atoms with van der Waals surface area (Å²) in [6, 6.07) is 8.25. The van der Waals surface area contributed by atoms with E-state index >= 15 is 0 Å². The lowest BCUT2D eigenvalue weighted by Gasteiger charge is -2.36. The highest BCUT2D eigenvalue weighted by atomic mass is 35.5. The van der Waals surface area contributed by atoms with Crippen molar-refractivity contribution in [2.75, 3.05) is 27.2 Å². The maximum absolute atomic E-state index is 14.5. The smallest absolute Gasteiger partial charge is 0.272 e. The molecule has 2 aromatic carbocycles. The molecule has 0 aliphatic carbocycles. The number of likely N-dealkylation sites (N-methyl/N-ethyl adjacent to an activating group) is 2. The molecule has 0 saturated carbocycles. The molecular weight excluding hydrogens is 956 g/mol. The molecular formula is C52H75ClN12O8. The number of nitrogens with one attached hydrogen (secondary N) is 9. The zero-order valence-corrected chi connectivity index (χ0v) is 45.0. The highest BCUT2D eigenvalue weighted by molar-refractivity contribution is 6.30. The van der Waals surface area contributed by atoms with Gasteiger partial charge in [-0.2, -0.15) is 5.10 Å². The Hall–Kier alpha value is -6.38. The second kappa shape index (κ2) is 24.1. The molecule has 2 aliphatic heterocycles. The van der Waals surface area contributed by atoms with Crippen molar-refractivity contribution in [1.82, 2.24) is 62.5 Å². The Labute approximate surface area is 433 Å². The minimum atomic E-state index is -1.04. The van der Waals surface area contributed by atoms with Crippen LogP contribution in [0.5, 0.6) is 0 Å². The average molecular weight is 1030 g/mol. The number of aromatic nitrogens is 2. The first-order valence-corrected chi connectivity index (χ1v) is 25.2. The Morgan fingerprint density at radius 2 is 1.01 bits per heavy atom. The van der Waals surface area contributed by atoms with Gasteiger partial charge in [0.2, 0.25) is 35.4 Å². The predicted molar refractivity (Wildman–Crippen MR) is 277 cm³/mol. The van der Waals surface area contributed by atoms with Crippen molar-refractivity contribution in [2.24, 2.45) is 10.8 Å². The van der Waals surface area contributed by atoms with Crippen LogP contribution >= 0.6 is 11.6 Å². The fraction of sp³-hybridized carbons (Fsp3) is 0.558. The SMILES string of the molecule is CN[C@@H](C)C(=O)N[C@H](C(=O)N1C[C@@H](NC(=O)c2cc(C(=O)N[C@H]3C[C@@H](C(=O)N[C@H](C)c4ccc(C)cc4)N(C(=O)[C@@H](NC(=O)[C@H](C)NC)C(C)(C)C)C3)[nH]n2)C[C@H]1C(=O)N[C@H](C)c1ccc(Cl)cc1)C(C)(C)C. The van der Waals surface area contributed by atoms with Crippen LogP contribution in [-0.4, -0.2) is 143 Å². The fourth-order valence-electron chi connectivity index (χ4n) is 8.76. The standard InChI is InChI=1S/C52H75ClN12O8/c1-27-14-16-32(17-15-27)28(2)56-47(70)39-22-35(25-64(39)49(72)41(51(6,7)8)60-43(66)30(4)54-12)58-45(68)37-24-38(63-62-37)46(69)59-36-23-40(48(71)57-29(3)33-18-20-34(53)21-19-33)65(26-36)50(73)42(52(9,10)11)61-44(67)31(5)55-13/h14-21,24,28-31,35-36,39-42,54-55H,22-23,25-26H2,1-13H3,(H,56,70)(H,57,71)(H,58,68)(H,59,69)(H,60,66)(H,61,67)(H,62,63)/t28-,29-,30+,31+,35+,36+,39+,40+,41-,42-/m1/s1. The molecule has 8 amide bonds. The van der Waals surface area contributed by atoms with Crippen molar-refractivity contribution in [3.63, 3.8) is 0 Å². The first kappa shape index (κ1) is 57.5. The van der Waals surface area contributed by atoms with E-state index in [2.05, 4.69) is 52.7 Å². The lowest BCUT2D eigenvalue weighted by molar-refractivity contribution is -0.144. The number of carbonyl (C=O) groups excluding carboxylic acids is 8. The summed E-state index contributed by atoms with van der Waals surface area (Å²) in [5.41, 5.74) is 0.915. The van der Waals surface area contributed by atoms with E-state index in [1.54, 1.807) is 79.9 Å². The van der Waals surface area contributed by atoms with E-state index in [1.807, 2.05) is 58.9 Å². The Morgan fingerprint density at radius 3 is 1.41 bits per heavy atom. The number of aromatic amines is 1. The van der Waals surface area contributed by atoms with Crippen LogP contribution in [0.25, 0.3) is 0 Å². The second-order valence-electron chi connectivity index (χ2n) is 21.6. The van der Waals surface area contributed by atoms with Crippen LogP contribution in [0.15, 0.2) is 54.6 Å². The molecule has 398 valence electrons. The van der Waals surface area contributed by atoms with Gasteiger partial charge < -0.3 is 52.3 Å². The topological polar surface area (TPSA) is 268 Å². The molecule has 0 radical (unpaired) electrons. The molecule has 2 aliphatic rings. The summed E-state index contributed by atoms with van der Waals surface area (Å²) in [4.78, 5) is 114. The highest BCUT2D eigenvalue weighted by Gasteiger charge is 2.48. The van der Waals surface area contributed by atoms with Crippen molar-refractivity contribution < 1.29 is 38.4 Å². The monoisotopic (exact) mass is 1030 g/mol. The molecule has 9 N–H and O–H groups in total. The number of aryl methyl sites for hydroxylation is 1. The average Bonchev–Trinajstić information content (AvgIpc) is 4.11. The molecule has 0 bridgehead atoms. The van der Waals surface area contributed by atoms with Crippen molar-refractivity contribution >= 4 is 58.9 Å². The Morgan fingerprint density at radius 1 is 0.616 bits per heavy atom. The van der Waals surface area contributed by atoms with Crippen molar-refractivity contribution in [1.29, 1.82) is 0 Å². The first-order chi connectivity index (χ1) is 34.1. The Balaban J connectivity index is 1.34. The molecule has 3 aromatic rings. The Bertz CT molecular complexity index is 2320. The molecule has 21 heteroatoms. The second-order valence-corrected chi connectivity index (χ2v) is 22.0. The van der Waals surface area contributed by atoms with E-state index in [0.717, 1.165) is 16.7 Å². The number of carbonyl (C=O) groups is 8. The van der Waals surface area contributed by atoms with E-state index < -0.39 is 119 Å². The van der Waals surface area contributed by atoms with E-state index in [-0.39, 0.29) is 37.3 Å². The van der Waals surface area contributed by atoms with Crippen LogP contribution in [0.4, 0.5) is 0 Å². The lowest BCUT2D eigenvalue weighted by atomic mass is 9.85. The quantitative estimate of drug-likeness (QED) is 0.0895. The number of likely N-dealkylation sites (tertiary alicyclic amines) is 2. The third kappa shape index (κ3) is 14.7. The van der Waals surface area contributed by atoms with Gasteiger partial charge in [-0.05, 0) is 95.6 Å². The number of rotatable bonds is 18. The predicted octanol–water partition coefficient (Wildman–Crippen LogP) is 2.80. The van der Waals surface area contributed by atoms with Gasteiger partial charge in [-0.15, -0.1) is 0 Å². The number of nitrogens with zero attached hydrogens (tertiary/aromatic N) is 3. The van der Waals surface area contributed by atoms with Gasteiger partial charge in [0.1, 0.15) is 29.9 Å². The summed E-state index contributed by atoms with van der Waals surface area (Å²) in [6.45, 7) is 19.6. The third-order valence-corrected chi connectivity index (χ3v) is 13.9. The number of H-pyrrole nitrogens is 1. The maximum atomic E-state index is 14.5. The maximum Gasteiger partial charge on any atom is 0.272 e. The number of amides is 8. The molecule has 0 spiro atoms. The largest absolute Gasteiger partial charge is 0.348 e. The number of benzene rings is 2. The molecule has 73 heavy (non-hydrogen) atoms. The summed E-state index contributed by atoms with van der Waals surface area (Å²) in [6.07, 6.45) is 0.0669. The number of hydrogen-bond acceptors (Lipinski definition) is 11. The van der Waals surface area contributed by atoms with E-state index in [4.69, 9.17) is 11.6 Å². The van der Waals surface area contributed by atoms with Gasteiger partial charge in [-0.1, -0.05) is 95.1 Å². The minimum absolute atomic E-state index is 0.0237. The first-order valence-electron chi connectivity index (χ1n) is 24.8. The van der Waals surface area contributed by atoms with E-state index in [1.165, 1.54) is 15.9 Å². The fourth-order valence-corrected chi connectivity index (χ4v) is 8.89. The van der Waals surface area contributed by atoms with Gasteiger partial charge in [-0.3, -0.25) is 43.5 Å². The zero-order valence-electron chi connectivity index (χ0n) is 44.3. The summed E-state index contributed by atoms with van der Waals surface area (Å²) < 4.78 is 0. The lowest BCUT2D eigenvalue weighted by Crippen LogP contribution is -2.59. The molecule has 2 fully saturated rings. The summed E-state index contributed by atoms with van der Waals surface area (Å²) in [5.74, 6) is -4.05. The van der Waals surface area contributed by atoms with Crippen LogP contribution in [0.2, 0.25) is 5.02 Å². The van der Waals surface area contributed by atoms with E-state index in [9.17, 15) is 38.4 Å². The van der Waals surface area contributed by atoms with Crippen LogP contribution in [0, 0.1) is 17.8 Å². The normalized spacial score (nSPS) is 20.4. The zero-order chi connectivity index (χ0) is 54.3. The highest BCUT2D eigenvalue weighted by Crippen LogP contribution is 2.30. The molecule has 0 unspecified atom stereocenters. The van der Waals surface area contributed by atoms with E-state index in [0.29, 0.717) is 5.02 Å².